The van der Waals surface area contributed by atoms with Crippen LogP contribution >= 0.6 is 23.7 Å². The van der Waals surface area contributed by atoms with E-state index in [-0.39, 0.29) is 35.6 Å². The van der Waals surface area contributed by atoms with Crippen LogP contribution in [-0.2, 0) is 4.79 Å². The molecule has 0 radical (unpaired) electrons. The molecule has 4 nitrogen and oxygen atoms in total. The highest BCUT2D eigenvalue weighted by Crippen LogP contribution is 2.28. The van der Waals surface area contributed by atoms with Crippen molar-refractivity contribution in [1.82, 2.24) is 4.90 Å². The van der Waals surface area contributed by atoms with Crippen LogP contribution in [0.3, 0.4) is 0 Å². The number of carbonyl (C=O) groups excluding carboxylic acids is 2. The van der Waals surface area contributed by atoms with Gasteiger partial charge in [0.2, 0.25) is 5.91 Å². The van der Waals surface area contributed by atoms with Gasteiger partial charge in [-0.25, -0.2) is 0 Å². The monoisotopic (exact) mass is 330 g/mol. The zero-order valence-electron chi connectivity index (χ0n) is 12.5. The molecule has 2 heterocycles. The first-order chi connectivity index (χ1) is 9.40. The fourth-order valence-corrected chi connectivity index (χ4v) is 3.22. The van der Waals surface area contributed by atoms with Crippen molar-refractivity contribution in [3.63, 3.8) is 0 Å². The lowest BCUT2D eigenvalue weighted by atomic mass is 9.79. The van der Waals surface area contributed by atoms with Crippen molar-refractivity contribution >= 4 is 35.4 Å². The average molecular weight is 331 g/mol. The number of Topliss-reactive ketones (excluding diaryl/α,β-unsaturated/α-hetero) is 1. The molecule has 1 aromatic rings. The Hall–Kier alpha value is -0.910. The van der Waals surface area contributed by atoms with E-state index in [1.54, 1.807) is 6.07 Å². The number of nitrogens with two attached hydrogens (primary N) is 1. The molecule has 1 atom stereocenters. The Balaban J connectivity index is 0.00000220. The number of hydrogen-bond donors (Lipinski definition) is 1. The summed E-state index contributed by atoms with van der Waals surface area (Å²) in [6.45, 7) is 5.57. The first-order valence-electron chi connectivity index (χ1n) is 7.00. The molecule has 2 N–H and O–H groups in total. The summed E-state index contributed by atoms with van der Waals surface area (Å²) in [5.74, 6) is 0.121. The number of nitrogens with zero attached hydrogens (tertiary/aromatic N) is 1. The fourth-order valence-electron chi connectivity index (χ4n) is 2.53. The molecule has 1 fully saturated rings. The van der Waals surface area contributed by atoms with Crippen LogP contribution in [-0.4, -0.2) is 35.7 Å². The molecule has 0 aromatic carbocycles. The molecule has 118 valence electrons. The molecule has 6 heteroatoms. The molecule has 0 spiro atoms. The standard InChI is InChI=1S/C15H22N2O2S.ClH/c1-15(2)10-17(8-7-13(15)16)14(19)6-5-11(18)12-4-3-9-20-12;/h3-4,9,13H,5-8,10,16H2,1-2H3;1H. The van der Waals surface area contributed by atoms with Crippen LogP contribution in [0.4, 0.5) is 0 Å². The smallest absolute Gasteiger partial charge is 0.223 e. The van der Waals surface area contributed by atoms with Crippen molar-refractivity contribution in [3.05, 3.63) is 22.4 Å². The van der Waals surface area contributed by atoms with Crippen LogP contribution in [0.15, 0.2) is 17.5 Å². The van der Waals surface area contributed by atoms with E-state index in [2.05, 4.69) is 13.8 Å². The minimum Gasteiger partial charge on any atom is -0.342 e. The van der Waals surface area contributed by atoms with Crippen LogP contribution in [0.1, 0.15) is 42.8 Å². The molecule has 21 heavy (non-hydrogen) atoms. The third kappa shape index (κ3) is 4.53. The zero-order chi connectivity index (χ0) is 14.8. The maximum Gasteiger partial charge on any atom is 0.223 e. The van der Waals surface area contributed by atoms with E-state index >= 15 is 0 Å². The van der Waals surface area contributed by atoms with Crippen molar-refractivity contribution in [2.75, 3.05) is 13.1 Å². The van der Waals surface area contributed by atoms with Gasteiger partial charge in [0.25, 0.3) is 0 Å². The Morgan fingerprint density at radius 3 is 2.71 bits per heavy atom. The fraction of sp³-hybridized carbons (Fsp3) is 0.600. The van der Waals surface area contributed by atoms with E-state index in [1.807, 2.05) is 16.3 Å². The predicted octanol–water partition coefficient (Wildman–Crippen LogP) is 2.72. The van der Waals surface area contributed by atoms with Crippen molar-refractivity contribution in [2.45, 2.75) is 39.2 Å². The summed E-state index contributed by atoms with van der Waals surface area (Å²) in [7, 11) is 0. The van der Waals surface area contributed by atoms with Gasteiger partial charge in [-0.05, 0) is 23.3 Å². The highest BCUT2D eigenvalue weighted by atomic mass is 35.5. The van der Waals surface area contributed by atoms with Gasteiger partial charge in [0, 0.05) is 32.0 Å². The number of hydrogen-bond acceptors (Lipinski definition) is 4. The molecule has 1 saturated heterocycles. The number of piperidine rings is 1. The number of thiophene rings is 1. The average Bonchev–Trinajstić information content (AvgIpc) is 2.92. The minimum atomic E-state index is -0.0499. The molecule has 1 aliphatic heterocycles. The van der Waals surface area contributed by atoms with E-state index in [1.165, 1.54) is 11.3 Å². The molecule has 1 aromatic heterocycles. The lowest BCUT2D eigenvalue weighted by Gasteiger charge is -2.42. The van der Waals surface area contributed by atoms with E-state index < -0.39 is 0 Å². The summed E-state index contributed by atoms with van der Waals surface area (Å²) in [6.07, 6.45) is 1.42. The molecule has 1 unspecified atom stereocenters. The summed E-state index contributed by atoms with van der Waals surface area (Å²) in [6, 6.07) is 3.80. The molecular weight excluding hydrogens is 308 g/mol. The summed E-state index contributed by atoms with van der Waals surface area (Å²) in [5, 5.41) is 1.88. The zero-order valence-corrected chi connectivity index (χ0v) is 14.1. The predicted molar refractivity (Wildman–Crippen MR) is 88.1 cm³/mol. The number of rotatable bonds is 4. The van der Waals surface area contributed by atoms with E-state index in [9.17, 15) is 9.59 Å². The maximum atomic E-state index is 12.2. The molecule has 0 saturated carbocycles. The molecule has 0 aliphatic carbocycles. The third-order valence-corrected chi connectivity index (χ3v) is 4.94. The van der Waals surface area contributed by atoms with Crippen molar-refractivity contribution in [1.29, 1.82) is 0 Å². The molecule has 2 rings (SSSR count). The Bertz CT molecular complexity index is 488. The van der Waals surface area contributed by atoms with Gasteiger partial charge in [-0.1, -0.05) is 19.9 Å². The molecule has 1 aliphatic rings. The van der Waals surface area contributed by atoms with Gasteiger partial charge < -0.3 is 10.6 Å². The first-order valence-corrected chi connectivity index (χ1v) is 7.88. The first kappa shape index (κ1) is 18.1. The maximum absolute atomic E-state index is 12.2. The largest absolute Gasteiger partial charge is 0.342 e. The van der Waals surface area contributed by atoms with Crippen LogP contribution < -0.4 is 5.73 Å². The highest BCUT2D eigenvalue weighted by molar-refractivity contribution is 7.12. The summed E-state index contributed by atoms with van der Waals surface area (Å²) < 4.78 is 0. The third-order valence-electron chi connectivity index (χ3n) is 4.03. The van der Waals surface area contributed by atoms with Crippen molar-refractivity contribution in [3.8, 4) is 0 Å². The van der Waals surface area contributed by atoms with Crippen LogP contribution in [0.5, 0.6) is 0 Å². The summed E-state index contributed by atoms with van der Waals surface area (Å²) >= 11 is 1.43. The second kappa shape index (κ2) is 7.38. The van der Waals surface area contributed by atoms with Gasteiger partial charge in [-0.15, -0.1) is 23.7 Å². The second-order valence-corrected chi connectivity index (χ2v) is 7.05. The van der Waals surface area contributed by atoms with Gasteiger partial charge in [0.15, 0.2) is 5.78 Å². The Labute approximate surface area is 136 Å². The normalized spacial score (nSPS) is 20.7. The number of carbonyl (C=O) groups is 2. The van der Waals surface area contributed by atoms with E-state index in [0.29, 0.717) is 25.9 Å². The van der Waals surface area contributed by atoms with Gasteiger partial charge in [-0.2, -0.15) is 0 Å². The van der Waals surface area contributed by atoms with Crippen LogP contribution in [0.2, 0.25) is 0 Å². The number of likely N-dealkylation sites (tertiary alicyclic amines) is 1. The lowest BCUT2D eigenvalue weighted by molar-refractivity contribution is -0.134. The van der Waals surface area contributed by atoms with Gasteiger partial charge in [0.1, 0.15) is 0 Å². The molecule has 0 bridgehead atoms. The van der Waals surface area contributed by atoms with Gasteiger partial charge in [0.05, 0.1) is 4.88 Å². The molecule has 1 amide bonds. The second-order valence-electron chi connectivity index (χ2n) is 6.10. The SMILES string of the molecule is CC1(C)CN(C(=O)CCC(=O)c2cccs2)CCC1N.Cl. The Morgan fingerprint density at radius 2 is 2.14 bits per heavy atom. The van der Waals surface area contributed by atoms with Gasteiger partial charge in [-0.3, -0.25) is 9.59 Å². The van der Waals surface area contributed by atoms with E-state index in [4.69, 9.17) is 5.73 Å². The topological polar surface area (TPSA) is 63.4 Å². The van der Waals surface area contributed by atoms with Crippen molar-refractivity contribution < 1.29 is 9.59 Å². The lowest BCUT2D eigenvalue weighted by Crippen LogP contribution is -2.54. The van der Waals surface area contributed by atoms with Gasteiger partial charge >= 0.3 is 0 Å². The van der Waals surface area contributed by atoms with Crippen LogP contribution in [0.25, 0.3) is 0 Å². The summed E-state index contributed by atoms with van der Waals surface area (Å²) in [5.41, 5.74) is 6.02. The highest BCUT2D eigenvalue weighted by Gasteiger charge is 2.35. The Morgan fingerprint density at radius 1 is 1.43 bits per heavy atom. The number of ketones is 1. The summed E-state index contributed by atoms with van der Waals surface area (Å²) in [4.78, 5) is 26.7. The number of halogens is 1. The molecular formula is C15H23ClN2O2S. The number of amides is 1. The van der Waals surface area contributed by atoms with Crippen LogP contribution in [0, 0.1) is 5.41 Å². The Kier molecular flexibility index (Phi) is 6.38. The van der Waals surface area contributed by atoms with E-state index in [0.717, 1.165) is 11.3 Å². The quantitative estimate of drug-likeness (QED) is 0.863. The van der Waals surface area contributed by atoms with Crippen molar-refractivity contribution in [2.24, 2.45) is 11.1 Å². The minimum absolute atomic E-state index is 0.